The molecule has 0 spiro atoms. The second kappa shape index (κ2) is 10.4. The number of nitrogens with zero attached hydrogens (tertiary/aromatic N) is 6. The molecule has 5 rings (SSSR count). The van der Waals surface area contributed by atoms with Crippen LogP contribution in [-0.2, 0) is 11.3 Å². The SMILES string of the molecule is COCCn1nnnc1C(c1cc2ccc(C)cc2[nH]c1=O)N1CCN(c2cc(Cl)ccc2C)CC1. The summed E-state index contributed by atoms with van der Waals surface area (Å²) in [6, 6.07) is 13.6. The number of hydrogen-bond acceptors (Lipinski definition) is 7. The van der Waals surface area contributed by atoms with Crippen LogP contribution in [0.15, 0.2) is 47.3 Å². The molecule has 1 fully saturated rings. The molecule has 0 bridgehead atoms. The molecule has 4 aromatic rings. The number of halogens is 1. The average Bonchev–Trinajstić information content (AvgIpc) is 3.33. The number of aryl methyl sites for hydroxylation is 2. The molecule has 1 unspecified atom stereocenters. The summed E-state index contributed by atoms with van der Waals surface area (Å²) < 4.78 is 7.00. The zero-order chi connectivity index (χ0) is 25.2. The quantitative estimate of drug-likeness (QED) is 0.410. The van der Waals surface area contributed by atoms with Crippen molar-refractivity contribution < 1.29 is 4.74 Å². The lowest BCUT2D eigenvalue weighted by Crippen LogP contribution is -2.49. The van der Waals surface area contributed by atoms with Crippen LogP contribution in [-0.4, -0.2) is 70.0 Å². The summed E-state index contributed by atoms with van der Waals surface area (Å²) in [5.74, 6) is 0.636. The van der Waals surface area contributed by atoms with Gasteiger partial charge >= 0.3 is 0 Å². The number of H-pyrrole nitrogens is 1. The van der Waals surface area contributed by atoms with Crippen molar-refractivity contribution in [3.8, 4) is 0 Å². The standard InChI is InChI=1S/C26H30ClN7O2/c1-17-4-6-19-15-21(26(35)28-22(19)14-17)24(25-29-30-31-34(25)12-13-36-3)33-10-8-32(9-11-33)23-16-20(27)7-5-18(23)2/h4-7,14-16,24H,8-13H2,1-3H3,(H,28,35). The molecular weight excluding hydrogens is 478 g/mol. The number of nitrogens with one attached hydrogen (secondary N) is 1. The Morgan fingerprint density at radius 2 is 1.89 bits per heavy atom. The maximum Gasteiger partial charge on any atom is 0.253 e. The van der Waals surface area contributed by atoms with Crippen molar-refractivity contribution in [1.29, 1.82) is 0 Å². The molecule has 0 amide bonds. The molecule has 0 saturated carbocycles. The van der Waals surface area contributed by atoms with E-state index in [0.717, 1.165) is 53.4 Å². The molecule has 1 atom stereocenters. The van der Waals surface area contributed by atoms with E-state index in [1.807, 2.05) is 49.4 Å². The lowest BCUT2D eigenvalue weighted by atomic mass is 10.0. The van der Waals surface area contributed by atoms with Crippen molar-refractivity contribution in [3.63, 3.8) is 0 Å². The monoisotopic (exact) mass is 507 g/mol. The third-order valence-electron chi connectivity index (χ3n) is 6.83. The maximum atomic E-state index is 13.4. The molecule has 2 aromatic carbocycles. The topological polar surface area (TPSA) is 92.2 Å². The molecule has 0 radical (unpaired) electrons. The molecule has 2 aromatic heterocycles. The number of anilines is 1. The van der Waals surface area contributed by atoms with Gasteiger partial charge in [0.25, 0.3) is 5.56 Å². The maximum absolute atomic E-state index is 13.4. The van der Waals surface area contributed by atoms with Crippen LogP contribution in [0.2, 0.25) is 5.02 Å². The molecule has 0 aliphatic carbocycles. The first kappa shape index (κ1) is 24.4. The number of piperazine rings is 1. The predicted molar refractivity (Wildman–Crippen MR) is 141 cm³/mol. The van der Waals surface area contributed by atoms with Gasteiger partial charge in [-0.15, -0.1) is 5.10 Å². The molecule has 10 heteroatoms. The molecule has 3 heterocycles. The number of fused-ring (bicyclic) bond motifs is 1. The van der Waals surface area contributed by atoms with Crippen molar-refractivity contribution in [1.82, 2.24) is 30.1 Å². The number of hydrogen-bond donors (Lipinski definition) is 1. The van der Waals surface area contributed by atoms with Gasteiger partial charge in [-0.25, -0.2) is 4.68 Å². The summed E-state index contributed by atoms with van der Waals surface area (Å²) in [6.07, 6.45) is 0. The number of methoxy groups -OCH3 is 1. The smallest absolute Gasteiger partial charge is 0.253 e. The molecule has 1 aliphatic heterocycles. The fourth-order valence-corrected chi connectivity index (χ4v) is 5.09. The lowest BCUT2D eigenvalue weighted by molar-refractivity contribution is 0.171. The Morgan fingerprint density at radius 3 is 2.67 bits per heavy atom. The number of aromatic amines is 1. The highest BCUT2D eigenvalue weighted by atomic mass is 35.5. The summed E-state index contributed by atoms with van der Waals surface area (Å²) in [4.78, 5) is 21.1. The summed E-state index contributed by atoms with van der Waals surface area (Å²) >= 11 is 6.29. The van der Waals surface area contributed by atoms with Crippen LogP contribution in [0.1, 0.15) is 28.6 Å². The second-order valence-corrected chi connectivity index (χ2v) is 9.69. The zero-order valence-corrected chi connectivity index (χ0v) is 21.5. The first-order valence-electron chi connectivity index (χ1n) is 12.1. The van der Waals surface area contributed by atoms with Crippen LogP contribution in [0.3, 0.4) is 0 Å². The Morgan fingerprint density at radius 1 is 1.08 bits per heavy atom. The van der Waals surface area contributed by atoms with E-state index in [9.17, 15) is 4.79 Å². The Labute approximate surface area is 214 Å². The second-order valence-electron chi connectivity index (χ2n) is 9.25. The summed E-state index contributed by atoms with van der Waals surface area (Å²) in [7, 11) is 1.65. The largest absolute Gasteiger partial charge is 0.383 e. The highest BCUT2D eigenvalue weighted by Gasteiger charge is 2.33. The average molecular weight is 508 g/mol. The van der Waals surface area contributed by atoms with E-state index in [4.69, 9.17) is 16.3 Å². The fraction of sp³-hybridized carbons (Fsp3) is 0.385. The number of benzene rings is 2. The number of aromatic nitrogens is 5. The van der Waals surface area contributed by atoms with Crippen LogP contribution in [0.5, 0.6) is 0 Å². The fourth-order valence-electron chi connectivity index (χ4n) is 4.92. The van der Waals surface area contributed by atoms with Crippen molar-refractivity contribution in [2.75, 3.05) is 44.8 Å². The van der Waals surface area contributed by atoms with Gasteiger partial charge in [-0.3, -0.25) is 9.69 Å². The Kier molecular flexibility index (Phi) is 7.04. The number of rotatable bonds is 7. The normalized spacial score (nSPS) is 15.5. The third-order valence-corrected chi connectivity index (χ3v) is 7.06. The molecule has 36 heavy (non-hydrogen) atoms. The number of pyridine rings is 1. The molecule has 1 aliphatic rings. The molecule has 9 nitrogen and oxygen atoms in total. The van der Waals surface area contributed by atoms with Crippen LogP contribution >= 0.6 is 11.6 Å². The van der Waals surface area contributed by atoms with Gasteiger partial charge in [-0.05, 0) is 65.1 Å². The summed E-state index contributed by atoms with van der Waals surface area (Å²) in [5.41, 5.74) is 4.75. The Balaban J connectivity index is 1.52. The van der Waals surface area contributed by atoms with Crippen molar-refractivity contribution >= 4 is 28.2 Å². The minimum Gasteiger partial charge on any atom is -0.383 e. The van der Waals surface area contributed by atoms with Gasteiger partial charge in [0.1, 0.15) is 6.04 Å². The van der Waals surface area contributed by atoms with E-state index in [1.165, 1.54) is 5.56 Å². The van der Waals surface area contributed by atoms with E-state index in [0.29, 0.717) is 24.5 Å². The first-order valence-corrected chi connectivity index (χ1v) is 12.5. The van der Waals surface area contributed by atoms with E-state index < -0.39 is 6.04 Å². The van der Waals surface area contributed by atoms with E-state index in [-0.39, 0.29) is 5.56 Å². The number of ether oxygens (including phenoxy) is 1. The predicted octanol–water partition coefficient (Wildman–Crippen LogP) is 3.34. The van der Waals surface area contributed by atoms with Crippen molar-refractivity contribution in [3.05, 3.63) is 80.4 Å². The van der Waals surface area contributed by atoms with Gasteiger partial charge in [0, 0.05) is 55.1 Å². The van der Waals surface area contributed by atoms with Crippen molar-refractivity contribution in [2.24, 2.45) is 0 Å². The van der Waals surface area contributed by atoms with Gasteiger partial charge in [-0.2, -0.15) is 0 Å². The minimum atomic E-state index is -0.395. The molecule has 188 valence electrons. The van der Waals surface area contributed by atoms with Crippen LogP contribution in [0.4, 0.5) is 5.69 Å². The van der Waals surface area contributed by atoms with Crippen LogP contribution < -0.4 is 10.5 Å². The van der Waals surface area contributed by atoms with Crippen molar-refractivity contribution in [2.45, 2.75) is 26.4 Å². The Bertz CT molecular complexity index is 1430. The van der Waals surface area contributed by atoms with E-state index >= 15 is 0 Å². The number of tetrazole rings is 1. The highest BCUT2D eigenvalue weighted by molar-refractivity contribution is 6.30. The third kappa shape index (κ3) is 4.86. The molecule has 1 saturated heterocycles. The van der Waals surface area contributed by atoms with Crippen LogP contribution in [0.25, 0.3) is 10.9 Å². The lowest BCUT2D eigenvalue weighted by Gasteiger charge is -2.40. The minimum absolute atomic E-state index is 0.132. The van der Waals surface area contributed by atoms with Gasteiger partial charge in [-0.1, -0.05) is 29.8 Å². The van der Waals surface area contributed by atoms with Gasteiger partial charge in [0.15, 0.2) is 5.82 Å². The van der Waals surface area contributed by atoms with Crippen LogP contribution in [0, 0.1) is 13.8 Å². The molecular formula is C26H30ClN7O2. The van der Waals surface area contributed by atoms with Gasteiger partial charge in [0.2, 0.25) is 0 Å². The van der Waals surface area contributed by atoms with E-state index in [1.54, 1.807) is 11.8 Å². The van der Waals surface area contributed by atoms with Gasteiger partial charge in [0.05, 0.1) is 13.2 Å². The van der Waals surface area contributed by atoms with Gasteiger partial charge < -0.3 is 14.6 Å². The summed E-state index contributed by atoms with van der Waals surface area (Å²) in [5, 5.41) is 14.2. The Hall–Kier alpha value is -3.27. The highest BCUT2D eigenvalue weighted by Crippen LogP contribution is 2.30. The molecule has 1 N–H and O–H groups in total. The van der Waals surface area contributed by atoms with E-state index in [2.05, 4.69) is 37.2 Å². The first-order chi connectivity index (χ1) is 17.4. The zero-order valence-electron chi connectivity index (χ0n) is 20.7. The summed E-state index contributed by atoms with van der Waals surface area (Å²) in [6.45, 7) is 8.14.